The van der Waals surface area contributed by atoms with Crippen LogP contribution in [0.3, 0.4) is 0 Å². The highest BCUT2D eigenvalue weighted by Gasteiger charge is 2.09. The summed E-state index contributed by atoms with van der Waals surface area (Å²) in [5, 5.41) is 1.20. The molecule has 18 heavy (non-hydrogen) atoms. The highest BCUT2D eigenvalue weighted by atomic mass is 79.9. The predicted molar refractivity (Wildman–Crippen MR) is 78.3 cm³/mol. The van der Waals surface area contributed by atoms with E-state index in [0.717, 1.165) is 10.0 Å². The molecule has 0 unspecified atom stereocenters. The van der Waals surface area contributed by atoms with Crippen LogP contribution in [0.25, 0.3) is 0 Å². The van der Waals surface area contributed by atoms with Crippen molar-refractivity contribution in [1.82, 2.24) is 0 Å². The highest BCUT2D eigenvalue weighted by Crippen LogP contribution is 2.32. The van der Waals surface area contributed by atoms with Crippen LogP contribution in [0.15, 0.2) is 40.9 Å². The molecule has 0 fully saturated rings. The summed E-state index contributed by atoms with van der Waals surface area (Å²) in [6.45, 7) is 0. The number of benzene rings is 2. The molecule has 0 atom stereocenters. The standard InChI is InChI=1S/C13H8Br2ClFO/c14-7-8-5-10(16)2-4-12(8)18-13-6-9(15)1-3-11(13)17/h1-6H,7H2. The third-order valence-electron chi connectivity index (χ3n) is 2.28. The van der Waals surface area contributed by atoms with Crippen molar-refractivity contribution in [2.75, 3.05) is 0 Å². The van der Waals surface area contributed by atoms with Gasteiger partial charge in [-0.1, -0.05) is 43.5 Å². The third kappa shape index (κ3) is 3.25. The zero-order valence-electron chi connectivity index (χ0n) is 9.09. The number of rotatable bonds is 3. The van der Waals surface area contributed by atoms with Gasteiger partial charge in [0.15, 0.2) is 11.6 Å². The summed E-state index contributed by atoms with van der Waals surface area (Å²) in [4.78, 5) is 0. The van der Waals surface area contributed by atoms with Crippen molar-refractivity contribution < 1.29 is 9.13 Å². The Labute approximate surface area is 126 Å². The minimum absolute atomic E-state index is 0.175. The Morgan fingerprint density at radius 1 is 1.11 bits per heavy atom. The van der Waals surface area contributed by atoms with Gasteiger partial charge in [0.25, 0.3) is 0 Å². The van der Waals surface area contributed by atoms with Crippen LogP contribution in [-0.2, 0) is 5.33 Å². The van der Waals surface area contributed by atoms with Gasteiger partial charge in [0.2, 0.25) is 0 Å². The fourth-order valence-corrected chi connectivity index (χ4v) is 2.40. The maximum Gasteiger partial charge on any atom is 0.165 e. The summed E-state index contributed by atoms with van der Waals surface area (Å²) in [7, 11) is 0. The van der Waals surface area contributed by atoms with Gasteiger partial charge in [-0.3, -0.25) is 0 Å². The molecule has 2 rings (SSSR count). The number of alkyl halides is 1. The van der Waals surface area contributed by atoms with Crippen LogP contribution >= 0.6 is 43.5 Å². The summed E-state index contributed by atoms with van der Waals surface area (Å²) in [6.07, 6.45) is 0. The highest BCUT2D eigenvalue weighted by molar-refractivity contribution is 9.10. The molecule has 0 spiro atoms. The zero-order chi connectivity index (χ0) is 13.1. The summed E-state index contributed by atoms with van der Waals surface area (Å²) in [6, 6.07) is 9.76. The van der Waals surface area contributed by atoms with Gasteiger partial charge in [0.1, 0.15) is 5.75 Å². The van der Waals surface area contributed by atoms with Crippen LogP contribution in [0, 0.1) is 5.82 Å². The molecule has 0 aromatic heterocycles. The van der Waals surface area contributed by atoms with Crippen molar-refractivity contribution in [3.8, 4) is 11.5 Å². The smallest absolute Gasteiger partial charge is 0.165 e. The second-order valence-electron chi connectivity index (χ2n) is 3.56. The Kier molecular flexibility index (Phi) is 4.65. The summed E-state index contributed by atoms with van der Waals surface area (Å²) < 4.78 is 19.9. The van der Waals surface area contributed by atoms with Crippen molar-refractivity contribution in [1.29, 1.82) is 0 Å². The average molecular weight is 394 g/mol. The molecule has 5 heteroatoms. The molecule has 0 aliphatic heterocycles. The van der Waals surface area contributed by atoms with E-state index in [4.69, 9.17) is 16.3 Å². The predicted octanol–water partition coefficient (Wildman–Crippen LogP) is 5.93. The molecule has 0 aliphatic carbocycles. The maximum absolute atomic E-state index is 13.6. The quantitative estimate of drug-likeness (QED) is 0.587. The first-order valence-electron chi connectivity index (χ1n) is 5.07. The summed E-state index contributed by atoms with van der Waals surface area (Å²) in [5.41, 5.74) is 0.863. The fourth-order valence-electron chi connectivity index (χ4n) is 1.43. The van der Waals surface area contributed by atoms with Crippen LogP contribution in [0.2, 0.25) is 5.02 Å². The minimum Gasteiger partial charge on any atom is -0.454 e. The zero-order valence-corrected chi connectivity index (χ0v) is 13.0. The number of hydrogen-bond donors (Lipinski definition) is 0. The van der Waals surface area contributed by atoms with Gasteiger partial charge in [-0.15, -0.1) is 0 Å². The first kappa shape index (κ1) is 13.8. The van der Waals surface area contributed by atoms with E-state index in [2.05, 4.69) is 31.9 Å². The molecule has 94 valence electrons. The molecule has 0 N–H and O–H groups in total. The molecule has 2 aromatic rings. The molecular formula is C13H8Br2ClFO. The van der Waals surface area contributed by atoms with Crippen LogP contribution < -0.4 is 4.74 Å². The van der Waals surface area contributed by atoms with E-state index in [9.17, 15) is 4.39 Å². The van der Waals surface area contributed by atoms with Crippen LogP contribution in [0.1, 0.15) is 5.56 Å². The minimum atomic E-state index is -0.409. The molecule has 0 saturated carbocycles. The lowest BCUT2D eigenvalue weighted by atomic mass is 10.2. The Morgan fingerprint density at radius 3 is 2.61 bits per heavy atom. The first-order valence-corrected chi connectivity index (χ1v) is 7.36. The Hall–Kier alpha value is -0.580. The van der Waals surface area contributed by atoms with E-state index in [1.165, 1.54) is 6.07 Å². The van der Waals surface area contributed by atoms with E-state index < -0.39 is 5.82 Å². The monoisotopic (exact) mass is 392 g/mol. The third-order valence-corrected chi connectivity index (χ3v) is 3.61. The van der Waals surface area contributed by atoms with Gasteiger partial charge < -0.3 is 4.74 Å². The van der Waals surface area contributed by atoms with Gasteiger partial charge in [-0.2, -0.15) is 0 Å². The second kappa shape index (κ2) is 6.04. The normalized spacial score (nSPS) is 10.4. The van der Waals surface area contributed by atoms with E-state index >= 15 is 0 Å². The fraction of sp³-hybridized carbons (Fsp3) is 0.0769. The van der Waals surface area contributed by atoms with Gasteiger partial charge >= 0.3 is 0 Å². The van der Waals surface area contributed by atoms with Crippen molar-refractivity contribution in [2.24, 2.45) is 0 Å². The van der Waals surface area contributed by atoms with E-state index in [1.54, 1.807) is 30.3 Å². The second-order valence-corrected chi connectivity index (χ2v) is 5.48. The van der Waals surface area contributed by atoms with Gasteiger partial charge in [0, 0.05) is 20.4 Å². The van der Waals surface area contributed by atoms with Gasteiger partial charge in [0.05, 0.1) is 0 Å². The molecule has 0 heterocycles. The molecule has 1 nitrogen and oxygen atoms in total. The SMILES string of the molecule is Fc1ccc(Br)cc1Oc1ccc(Cl)cc1CBr. The number of ether oxygens (including phenoxy) is 1. The largest absolute Gasteiger partial charge is 0.454 e. The molecule has 2 aromatic carbocycles. The topological polar surface area (TPSA) is 9.23 Å². The Morgan fingerprint density at radius 2 is 1.89 bits per heavy atom. The molecule has 0 radical (unpaired) electrons. The average Bonchev–Trinajstić information content (AvgIpc) is 2.36. The van der Waals surface area contributed by atoms with E-state index in [-0.39, 0.29) is 5.75 Å². The van der Waals surface area contributed by atoms with Gasteiger partial charge in [-0.25, -0.2) is 4.39 Å². The Bertz CT molecular complexity index is 575. The molecule has 0 bridgehead atoms. The number of halogens is 4. The van der Waals surface area contributed by atoms with Crippen molar-refractivity contribution >= 4 is 43.5 Å². The maximum atomic E-state index is 13.6. The van der Waals surface area contributed by atoms with Crippen LogP contribution in [-0.4, -0.2) is 0 Å². The molecular weight excluding hydrogens is 386 g/mol. The van der Waals surface area contributed by atoms with Crippen LogP contribution in [0.5, 0.6) is 11.5 Å². The van der Waals surface area contributed by atoms with Crippen molar-refractivity contribution in [2.45, 2.75) is 5.33 Å². The van der Waals surface area contributed by atoms with Crippen molar-refractivity contribution in [3.63, 3.8) is 0 Å². The lowest BCUT2D eigenvalue weighted by molar-refractivity contribution is 0.439. The summed E-state index contributed by atoms with van der Waals surface area (Å²) in [5.74, 6) is 0.343. The lowest BCUT2D eigenvalue weighted by Crippen LogP contribution is -1.92. The number of hydrogen-bond acceptors (Lipinski definition) is 1. The first-order chi connectivity index (χ1) is 8.60. The van der Waals surface area contributed by atoms with Crippen molar-refractivity contribution in [3.05, 3.63) is 57.3 Å². The van der Waals surface area contributed by atoms with E-state index in [0.29, 0.717) is 16.1 Å². The Balaban J connectivity index is 2.36. The van der Waals surface area contributed by atoms with E-state index in [1.807, 2.05) is 0 Å². The summed E-state index contributed by atoms with van der Waals surface area (Å²) >= 11 is 12.5. The van der Waals surface area contributed by atoms with Gasteiger partial charge in [-0.05, 0) is 36.4 Å². The van der Waals surface area contributed by atoms with Crippen LogP contribution in [0.4, 0.5) is 4.39 Å². The molecule has 0 amide bonds. The molecule has 0 aliphatic rings. The lowest BCUT2D eigenvalue weighted by Gasteiger charge is -2.11. The molecule has 0 saturated heterocycles.